The summed E-state index contributed by atoms with van der Waals surface area (Å²) in [7, 11) is 0. The SMILES string of the molecule is CCCC(CCCCCC(C)CC)C(C)CC. The highest BCUT2D eigenvalue weighted by Gasteiger charge is 2.14. The Bertz CT molecular complexity index is 150. The van der Waals surface area contributed by atoms with Crippen LogP contribution >= 0.6 is 0 Å². The van der Waals surface area contributed by atoms with E-state index >= 15 is 0 Å². The molecule has 0 bridgehead atoms. The zero-order valence-corrected chi connectivity index (χ0v) is 13.1. The molecule has 3 unspecified atom stereocenters. The topological polar surface area (TPSA) is 0 Å². The number of unbranched alkanes of at least 4 members (excludes halogenated alkanes) is 2. The molecule has 0 aliphatic carbocycles. The van der Waals surface area contributed by atoms with E-state index < -0.39 is 0 Å². The number of hydrogen-bond donors (Lipinski definition) is 0. The molecule has 0 radical (unpaired) electrons. The molecule has 0 aromatic carbocycles. The van der Waals surface area contributed by atoms with E-state index in [-0.39, 0.29) is 0 Å². The second kappa shape index (κ2) is 11.1. The first-order chi connectivity index (χ1) is 8.15. The van der Waals surface area contributed by atoms with Crippen LogP contribution in [0.4, 0.5) is 0 Å². The highest BCUT2D eigenvalue weighted by molar-refractivity contribution is 4.65. The second-order valence-corrected chi connectivity index (χ2v) is 6.09. The average molecular weight is 240 g/mol. The van der Waals surface area contributed by atoms with Crippen LogP contribution in [0.1, 0.15) is 92.4 Å². The smallest absolute Gasteiger partial charge is 0.0389 e. The standard InChI is InChI=1S/C17H36/c1-6-12-17(16(5)8-3)14-11-9-10-13-15(4)7-2/h15-17H,6-14H2,1-5H3. The molecule has 0 aromatic heterocycles. The van der Waals surface area contributed by atoms with E-state index in [0.29, 0.717) is 0 Å². The van der Waals surface area contributed by atoms with Gasteiger partial charge in [-0.2, -0.15) is 0 Å². The van der Waals surface area contributed by atoms with E-state index in [1.165, 1.54) is 57.8 Å². The van der Waals surface area contributed by atoms with Crippen molar-refractivity contribution in [2.75, 3.05) is 0 Å². The largest absolute Gasteiger partial charge is 0.0654 e. The van der Waals surface area contributed by atoms with Crippen LogP contribution in [0.3, 0.4) is 0 Å². The van der Waals surface area contributed by atoms with Crippen molar-refractivity contribution in [1.82, 2.24) is 0 Å². The molecule has 0 aliphatic heterocycles. The van der Waals surface area contributed by atoms with E-state index in [1.807, 2.05) is 0 Å². The molecule has 0 aromatic rings. The maximum atomic E-state index is 2.44. The lowest BCUT2D eigenvalue weighted by Crippen LogP contribution is -2.10. The lowest BCUT2D eigenvalue weighted by molar-refractivity contribution is 0.294. The lowest BCUT2D eigenvalue weighted by atomic mass is 9.84. The fourth-order valence-electron chi connectivity index (χ4n) is 2.70. The van der Waals surface area contributed by atoms with Crippen molar-refractivity contribution < 1.29 is 0 Å². The van der Waals surface area contributed by atoms with Gasteiger partial charge in [-0.05, 0) is 17.8 Å². The molecular weight excluding hydrogens is 204 g/mol. The Morgan fingerprint density at radius 2 is 1.35 bits per heavy atom. The van der Waals surface area contributed by atoms with Crippen molar-refractivity contribution in [3.8, 4) is 0 Å². The first-order valence-corrected chi connectivity index (χ1v) is 8.15. The number of rotatable bonds is 11. The molecule has 3 atom stereocenters. The van der Waals surface area contributed by atoms with Gasteiger partial charge in [-0.25, -0.2) is 0 Å². The van der Waals surface area contributed by atoms with Crippen LogP contribution in [0, 0.1) is 17.8 Å². The van der Waals surface area contributed by atoms with Crippen LogP contribution < -0.4 is 0 Å². The lowest BCUT2D eigenvalue weighted by Gasteiger charge is -2.22. The number of hydrogen-bond acceptors (Lipinski definition) is 0. The molecule has 0 rings (SSSR count). The first kappa shape index (κ1) is 17.0. The highest BCUT2D eigenvalue weighted by atomic mass is 14.2. The van der Waals surface area contributed by atoms with Crippen molar-refractivity contribution in [3.63, 3.8) is 0 Å². The van der Waals surface area contributed by atoms with Gasteiger partial charge >= 0.3 is 0 Å². The monoisotopic (exact) mass is 240 g/mol. The van der Waals surface area contributed by atoms with Crippen LogP contribution in [0.5, 0.6) is 0 Å². The molecule has 0 fully saturated rings. The summed E-state index contributed by atoms with van der Waals surface area (Å²) in [6.07, 6.45) is 12.8. The summed E-state index contributed by atoms with van der Waals surface area (Å²) in [5.74, 6) is 2.87. The summed E-state index contributed by atoms with van der Waals surface area (Å²) in [6, 6.07) is 0. The highest BCUT2D eigenvalue weighted by Crippen LogP contribution is 2.26. The van der Waals surface area contributed by atoms with E-state index in [2.05, 4.69) is 34.6 Å². The Morgan fingerprint density at radius 3 is 1.88 bits per heavy atom. The summed E-state index contributed by atoms with van der Waals surface area (Å²) in [5, 5.41) is 0. The van der Waals surface area contributed by atoms with Crippen LogP contribution in [0.25, 0.3) is 0 Å². The summed E-state index contributed by atoms with van der Waals surface area (Å²) in [5.41, 5.74) is 0. The molecular formula is C17H36. The molecule has 17 heavy (non-hydrogen) atoms. The van der Waals surface area contributed by atoms with Gasteiger partial charge in [-0.3, -0.25) is 0 Å². The Morgan fingerprint density at radius 1 is 0.706 bits per heavy atom. The van der Waals surface area contributed by atoms with Gasteiger partial charge in [0.1, 0.15) is 0 Å². The third-order valence-corrected chi connectivity index (χ3v) is 4.58. The Hall–Kier alpha value is 0. The quantitative estimate of drug-likeness (QED) is 0.364. The van der Waals surface area contributed by atoms with Gasteiger partial charge in [0.25, 0.3) is 0 Å². The minimum Gasteiger partial charge on any atom is -0.0654 e. The van der Waals surface area contributed by atoms with E-state index in [4.69, 9.17) is 0 Å². The predicted molar refractivity (Wildman–Crippen MR) is 80.4 cm³/mol. The van der Waals surface area contributed by atoms with Gasteiger partial charge < -0.3 is 0 Å². The fraction of sp³-hybridized carbons (Fsp3) is 1.00. The molecule has 0 saturated carbocycles. The van der Waals surface area contributed by atoms with Crippen LogP contribution in [0.15, 0.2) is 0 Å². The summed E-state index contributed by atoms with van der Waals surface area (Å²) in [4.78, 5) is 0. The molecule has 0 amide bonds. The zero-order chi connectivity index (χ0) is 13.1. The molecule has 0 heteroatoms. The Labute approximate surface area is 111 Å². The third kappa shape index (κ3) is 8.69. The molecule has 0 heterocycles. The van der Waals surface area contributed by atoms with Gasteiger partial charge in [-0.15, -0.1) is 0 Å². The van der Waals surface area contributed by atoms with E-state index in [0.717, 1.165) is 17.8 Å². The average Bonchev–Trinajstić information content (AvgIpc) is 2.35. The van der Waals surface area contributed by atoms with Gasteiger partial charge in [-0.1, -0.05) is 92.4 Å². The molecule has 0 spiro atoms. The molecule has 104 valence electrons. The van der Waals surface area contributed by atoms with E-state index in [1.54, 1.807) is 0 Å². The van der Waals surface area contributed by atoms with Gasteiger partial charge in [0.2, 0.25) is 0 Å². The van der Waals surface area contributed by atoms with Crippen LogP contribution in [-0.4, -0.2) is 0 Å². The van der Waals surface area contributed by atoms with Crippen molar-refractivity contribution >= 4 is 0 Å². The minimum absolute atomic E-state index is 0.935. The normalized spacial score (nSPS) is 16.8. The van der Waals surface area contributed by atoms with Gasteiger partial charge in [0.15, 0.2) is 0 Å². The predicted octanol–water partition coefficient (Wildman–Crippen LogP) is 6.45. The van der Waals surface area contributed by atoms with Crippen molar-refractivity contribution in [2.24, 2.45) is 17.8 Å². The maximum absolute atomic E-state index is 2.44. The van der Waals surface area contributed by atoms with Gasteiger partial charge in [0, 0.05) is 0 Å². The van der Waals surface area contributed by atoms with Gasteiger partial charge in [0.05, 0.1) is 0 Å². The van der Waals surface area contributed by atoms with Crippen LogP contribution in [-0.2, 0) is 0 Å². The van der Waals surface area contributed by atoms with Crippen molar-refractivity contribution in [1.29, 1.82) is 0 Å². The third-order valence-electron chi connectivity index (χ3n) is 4.58. The van der Waals surface area contributed by atoms with E-state index in [9.17, 15) is 0 Å². The maximum Gasteiger partial charge on any atom is -0.0389 e. The van der Waals surface area contributed by atoms with Crippen molar-refractivity contribution in [3.05, 3.63) is 0 Å². The molecule has 0 nitrogen and oxygen atoms in total. The minimum atomic E-state index is 0.935. The second-order valence-electron chi connectivity index (χ2n) is 6.09. The fourth-order valence-corrected chi connectivity index (χ4v) is 2.70. The first-order valence-electron chi connectivity index (χ1n) is 8.15. The summed E-state index contributed by atoms with van der Waals surface area (Å²) < 4.78 is 0. The van der Waals surface area contributed by atoms with Crippen molar-refractivity contribution in [2.45, 2.75) is 92.4 Å². The Balaban J connectivity index is 3.60. The summed E-state index contributed by atoms with van der Waals surface area (Å²) in [6.45, 7) is 11.8. The molecule has 0 N–H and O–H groups in total. The molecule has 0 saturated heterocycles. The molecule has 0 aliphatic rings. The van der Waals surface area contributed by atoms with Crippen LogP contribution in [0.2, 0.25) is 0 Å². The zero-order valence-electron chi connectivity index (χ0n) is 13.1. The Kier molecular flexibility index (Phi) is 11.1. The summed E-state index contributed by atoms with van der Waals surface area (Å²) >= 11 is 0.